The first kappa shape index (κ1) is 12.3. The van der Waals surface area contributed by atoms with Gasteiger partial charge < -0.3 is 10.2 Å². The van der Waals surface area contributed by atoms with Crippen molar-refractivity contribution in [3.05, 3.63) is 41.0 Å². The maximum absolute atomic E-state index is 9.53. The zero-order chi connectivity index (χ0) is 13.0. The van der Waals surface area contributed by atoms with Gasteiger partial charge in [-0.1, -0.05) is 23.7 Å². The zero-order valence-electron chi connectivity index (χ0n) is 9.16. The van der Waals surface area contributed by atoms with Crippen molar-refractivity contribution in [3.63, 3.8) is 0 Å². The molecule has 0 aliphatic heterocycles. The SMILES string of the molecule is Oc1cccc(CN=Nc2ccc(Cl)nn2)c1O. The number of rotatable bonds is 3. The Morgan fingerprint density at radius 3 is 2.67 bits per heavy atom. The van der Waals surface area contributed by atoms with Gasteiger partial charge in [-0.25, -0.2) is 0 Å². The lowest BCUT2D eigenvalue weighted by Crippen LogP contribution is -1.83. The van der Waals surface area contributed by atoms with Gasteiger partial charge in [0.05, 0.1) is 6.54 Å². The van der Waals surface area contributed by atoms with Crippen LogP contribution in [0.25, 0.3) is 0 Å². The van der Waals surface area contributed by atoms with E-state index in [2.05, 4.69) is 20.4 Å². The first-order chi connectivity index (χ1) is 8.66. The molecule has 1 aromatic heterocycles. The molecule has 0 aliphatic rings. The minimum absolute atomic E-state index is 0.130. The normalized spacial score (nSPS) is 10.9. The summed E-state index contributed by atoms with van der Waals surface area (Å²) >= 11 is 5.57. The molecule has 0 amide bonds. The monoisotopic (exact) mass is 264 g/mol. The molecule has 18 heavy (non-hydrogen) atoms. The molecule has 0 saturated heterocycles. The molecule has 2 aromatic rings. The Bertz CT molecular complexity index is 572. The topological polar surface area (TPSA) is 91.0 Å². The van der Waals surface area contributed by atoms with E-state index in [9.17, 15) is 10.2 Å². The van der Waals surface area contributed by atoms with Crippen molar-refractivity contribution in [1.82, 2.24) is 10.2 Å². The van der Waals surface area contributed by atoms with Gasteiger partial charge >= 0.3 is 0 Å². The molecule has 2 rings (SSSR count). The smallest absolute Gasteiger partial charge is 0.196 e. The van der Waals surface area contributed by atoms with E-state index in [0.29, 0.717) is 11.4 Å². The molecule has 0 bridgehead atoms. The summed E-state index contributed by atoms with van der Waals surface area (Å²) in [5.74, 6) is -0.0633. The lowest BCUT2D eigenvalue weighted by molar-refractivity contribution is 0.399. The summed E-state index contributed by atoms with van der Waals surface area (Å²) in [6.07, 6.45) is 0. The van der Waals surface area contributed by atoms with E-state index in [0.717, 1.165) is 0 Å². The Kier molecular flexibility index (Phi) is 3.69. The minimum Gasteiger partial charge on any atom is -0.504 e. The fraction of sp³-hybridized carbons (Fsp3) is 0.0909. The number of para-hydroxylation sites is 1. The number of azo groups is 1. The van der Waals surface area contributed by atoms with E-state index in [4.69, 9.17) is 11.6 Å². The van der Waals surface area contributed by atoms with Gasteiger partial charge in [0, 0.05) is 5.56 Å². The van der Waals surface area contributed by atoms with Crippen LogP contribution in [0.4, 0.5) is 5.82 Å². The van der Waals surface area contributed by atoms with Crippen molar-refractivity contribution in [1.29, 1.82) is 0 Å². The van der Waals surface area contributed by atoms with Crippen LogP contribution in [0.1, 0.15) is 5.56 Å². The molecular formula is C11H9ClN4O2. The highest BCUT2D eigenvalue weighted by Gasteiger charge is 2.04. The number of aromatic nitrogens is 2. The van der Waals surface area contributed by atoms with Crippen molar-refractivity contribution in [2.24, 2.45) is 10.2 Å². The van der Waals surface area contributed by atoms with Gasteiger partial charge in [0.25, 0.3) is 0 Å². The maximum atomic E-state index is 9.53. The third-order valence-electron chi connectivity index (χ3n) is 2.13. The fourth-order valence-corrected chi connectivity index (χ4v) is 1.35. The molecule has 6 nitrogen and oxygen atoms in total. The molecule has 7 heteroatoms. The quantitative estimate of drug-likeness (QED) is 0.659. The van der Waals surface area contributed by atoms with Crippen molar-refractivity contribution in [2.45, 2.75) is 6.54 Å². The molecule has 2 N–H and O–H groups in total. The number of nitrogens with zero attached hydrogens (tertiary/aromatic N) is 4. The Morgan fingerprint density at radius 1 is 1.11 bits per heavy atom. The van der Waals surface area contributed by atoms with Crippen molar-refractivity contribution >= 4 is 17.4 Å². The lowest BCUT2D eigenvalue weighted by Gasteiger charge is -2.01. The molecule has 0 unspecified atom stereocenters. The summed E-state index contributed by atoms with van der Waals surface area (Å²) in [4.78, 5) is 0. The number of aromatic hydroxyl groups is 2. The molecular weight excluding hydrogens is 256 g/mol. The van der Waals surface area contributed by atoms with Crippen molar-refractivity contribution in [2.75, 3.05) is 0 Å². The van der Waals surface area contributed by atoms with Crippen LogP contribution in [0.3, 0.4) is 0 Å². The van der Waals surface area contributed by atoms with Gasteiger partial charge in [0.1, 0.15) is 0 Å². The number of phenolic OH excluding ortho intramolecular Hbond substituents is 2. The molecule has 92 valence electrons. The predicted octanol–water partition coefficient (Wildman–Crippen LogP) is 2.83. The summed E-state index contributed by atoms with van der Waals surface area (Å²) in [7, 11) is 0. The van der Waals surface area contributed by atoms with Crippen LogP contribution in [0.5, 0.6) is 11.5 Å². The molecule has 0 aliphatic carbocycles. The molecule has 0 atom stereocenters. The van der Waals surface area contributed by atoms with Gasteiger partial charge in [-0.2, -0.15) is 5.11 Å². The van der Waals surface area contributed by atoms with Gasteiger partial charge in [-0.15, -0.1) is 15.3 Å². The van der Waals surface area contributed by atoms with Crippen LogP contribution in [0, 0.1) is 0 Å². The first-order valence-corrected chi connectivity index (χ1v) is 5.41. The predicted molar refractivity (Wildman–Crippen MR) is 65.0 cm³/mol. The average molecular weight is 265 g/mol. The van der Waals surface area contributed by atoms with E-state index in [-0.39, 0.29) is 23.2 Å². The Hall–Kier alpha value is -2.21. The first-order valence-electron chi connectivity index (χ1n) is 5.03. The summed E-state index contributed by atoms with van der Waals surface area (Å²) in [5.41, 5.74) is 0.473. The molecule has 0 spiro atoms. The van der Waals surface area contributed by atoms with Crippen LogP contribution in [-0.2, 0) is 6.54 Å². The van der Waals surface area contributed by atoms with Gasteiger partial charge in [-0.05, 0) is 18.2 Å². The third kappa shape index (κ3) is 2.92. The third-order valence-corrected chi connectivity index (χ3v) is 2.33. The Balaban J connectivity index is 2.07. The highest BCUT2D eigenvalue weighted by Crippen LogP contribution is 2.28. The van der Waals surface area contributed by atoms with E-state index >= 15 is 0 Å². The van der Waals surface area contributed by atoms with Crippen LogP contribution < -0.4 is 0 Å². The number of halogens is 1. The van der Waals surface area contributed by atoms with E-state index in [1.165, 1.54) is 6.07 Å². The maximum Gasteiger partial charge on any atom is 0.196 e. The van der Waals surface area contributed by atoms with Gasteiger partial charge in [-0.3, -0.25) is 0 Å². The number of phenols is 2. The molecule has 0 fully saturated rings. The second kappa shape index (κ2) is 5.42. The van der Waals surface area contributed by atoms with E-state index in [1.807, 2.05) is 0 Å². The second-order valence-electron chi connectivity index (χ2n) is 3.40. The second-order valence-corrected chi connectivity index (χ2v) is 3.79. The highest BCUT2D eigenvalue weighted by molar-refractivity contribution is 6.29. The summed E-state index contributed by atoms with van der Waals surface area (Å²) < 4.78 is 0. The van der Waals surface area contributed by atoms with E-state index in [1.54, 1.807) is 24.3 Å². The van der Waals surface area contributed by atoms with Gasteiger partial charge in [0.15, 0.2) is 22.5 Å². The number of hydrogen-bond donors (Lipinski definition) is 2. The van der Waals surface area contributed by atoms with Crippen molar-refractivity contribution in [3.8, 4) is 11.5 Å². The van der Waals surface area contributed by atoms with Gasteiger partial charge in [0.2, 0.25) is 0 Å². The number of benzene rings is 1. The number of hydrogen-bond acceptors (Lipinski definition) is 6. The van der Waals surface area contributed by atoms with E-state index < -0.39 is 0 Å². The minimum atomic E-state index is -0.196. The molecule has 0 radical (unpaired) electrons. The largest absolute Gasteiger partial charge is 0.504 e. The van der Waals surface area contributed by atoms with Crippen LogP contribution >= 0.6 is 11.6 Å². The molecule has 1 heterocycles. The lowest BCUT2D eigenvalue weighted by atomic mass is 10.2. The summed E-state index contributed by atoms with van der Waals surface area (Å²) in [6.45, 7) is 0.130. The summed E-state index contributed by atoms with van der Waals surface area (Å²) in [6, 6.07) is 7.76. The van der Waals surface area contributed by atoms with Crippen LogP contribution in [0.2, 0.25) is 5.15 Å². The average Bonchev–Trinajstić information content (AvgIpc) is 2.37. The molecule has 1 aromatic carbocycles. The van der Waals surface area contributed by atoms with Crippen molar-refractivity contribution < 1.29 is 10.2 Å². The Labute approximate surface area is 108 Å². The van der Waals surface area contributed by atoms with Crippen LogP contribution in [-0.4, -0.2) is 20.4 Å². The molecule has 0 saturated carbocycles. The summed E-state index contributed by atoms with van der Waals surface area (Å²) in [5, 5.41) is 34.1. The fourth-order valence-electron chi connectivity index (χ4n) is 1.25. The zero-order valence-corrected chi connectivity index (χ0v) is 9.91. The standard InChI is InChI=1S/C11H9ClN4O2/c12-9-4-5-10(16-14-9)15-13-6-7-2-1-3-8(17)11(7)18/h1-5,17-18H,6H2. The van der Waals surface area contributed by atoms with Crippen LogP contribution in [0.15, 0.2) is 40.6 Å². The highest BCUT2D eigenvalue weighted by atomic mass is 35.5. The Morgan fingerprint density at radius 2 is 1.94 bits per heavy atom.